The average Bonchev–Trinajstić information content (AvgIpc) is 2.75. The van der Waals surface area contributed by atoms with Gasteiger partial charge in [0.25, 0.3) is 0 Å². The van der Waals surface area contributed by atoms with Gasteiger partial charge in [-0.1, -0.05) is 18.2 Å². The molecule has 3 aromatic rings. The van der Waals surface area contributed by atoms with Gasteiger partial charge in [0, 0.05) is 28.4 Å². The molecule has 0 aliphatic carbocycles. The van der Waals surface area contributed by atoms with E-state index in [1.807, 2.05) is 31.2 Å². The SMILES string of the molecule is Cc1[nH]c2ccccc2c1C(=O)Cc1ccncn1. The first-order valence-corrected chi connectivity index (χ1v) is 6.11. The molecule has 0 spiro atoms. The molecule has 0 saturated carbocycles. The molecule has 4 heteroatoms. The van der Waals surface area contributed by atoms with Crippen molar-refractivity contribution in [2.24, 2.45) is 0 Å². The number of Topliss-reactive ketones (excluding diaryl/α,β-unsaturated/α-hetero) is 1. The molecule has 1 N–H and O–H groups in total. The molecule has 2 heterocycles. The molecule has 4 nitrogen and oxygen atoms in total. The standard InChI is InChI=1S/C15H13N3O/c1-10-15(12-4-2-3-5-13(12)18-10)14(19)8-11-6-7-16-9-17-11/h2-7,9,18H,8H2,1H3. The first-order chi connectivity index (χ1) is 9.25. The molecular weight excluding hydrogens is 238 g/mol. The molecule has 3 rings (SSSR count). The van der Waals surface area contributed by atoms with Gasteiger partial charge >= 0.3 is 0 Å². The van der Waals surface area contributed by atoms with E-state index in [0.717, 1.165) is 27.9 Å². The zero-order valence-electron chi connectivity index (χ0n) is 10.6. The van der Waals surface area contributed by atoms with Gasteiger partial charge in [0.1, 0.15) is 6.33 Å². The number of hydrogen-bond acceptors (Lipinski definition) is 3. The number of aryl methyl sites for hydroxylation is 1. The lowest BCUT2D eigenvalue weighted by Gasteiger charge is -2.01. The molecule has 0 atom stereocenters. The van der Waals surface area contributed by atoms with Crippen molar-refractivity contribution in [2.75, 3.05) is 0 Å². The molecule has 0 unspecified atom stereocenters. The number of fused-ring (bicyclic) bond motifs is 1. The van der Waals surface area contributed by atoms with Gasteiger partial charge in [0.05, 0.1) is 12.1 Å². The van der Waals surface area contributed by atoms with Gasteiger partial charge in [-0.3, -0.25) is 4.79 Å². The van der Waals surface area contributed by atoms with Crippen LogP contribution >= 0.6 is 0 Å². The smallest absolute Gasteiger partial charge is 0.171 e. The summed E-state index contributed by atoms with van der Waals surface area (Å²) < 4.78 is 0. The van der Waals surface area contributed by atoms with E-state index in [1.165, 1.54) is 6.33 Å². The third-order valence-electron chi connectivity index (χ3n) is 3.16. The summed E-state index contributed by atoms with van der Waals surface area (Å²) in [7, 11) is 0. The zero-order valence-corrected chi connectivity index (χ0v) is 10.6. The number of nitrogens with zero attached hydrogens (tertiary/aromatic N) is 2. The molecule has 0 fully saturated rings. The summed E-state index contributed by atoms with van der Waals surface area (Å²) in [6.07, 6.45) is 3.41. The Morgan fingerprint density at radius 1 is 1.26 bits per heavy atom. The number of H-pyrrole nitrogens is 1. The van der Waals surface area contributed by atoms with Gasteiger partial charge in [-0.05, 0) is 19.1 Å². The fourth-order valence-electron chi connectivity index (χ4n) is 2.31. The topological polar surface area (TPSA) is 58.6 Å². The summed E-state index contributed by atoms with van der Waals surface area (Å²) >= 11 is 0. The second kappa shape index (κ2) is 4.65. The van der Waals surface area contributed by atoms with Crippen molar-refractivity contribution in [3.05, 3.63) is 59.8 Å². The summed E-state index contributed by atoms with van der Waals surface area (Å²) in [5.74, 6) is 0.0775. The van der Waals surface area contributed by atoms with Crippen LogP contribution in [0.4, 0.5) is 0 Å². The maximum Gasteiger partial charge on any atom is 0.171 e. The number of aromatic amines is 1. The minimum Gasteiger partial charge on any atom is -0.358 e. The van der Waals surface area contributed by atoms with Gasteiger partial charge in [-0.15, -0.1) is 0 Å². The van der Waals surface area contributed by atoms with Crippen LogP contribution in [-0.4, -0.2) is 20.7 Å². The predicted molar refractivity (Wildman–Crippen MR) is 73.1 cm³/mol. The Morgan fingerprint density at radius 2 is 2.11 bits per heavy atom. The number of aromatic nitrogens is 3. The highest BCUT2D eigenvalue weighted by molar-refractivity contribution is 6.09. The van der Waals surface area contributed by atoms with E-state index in [9.17, 15) is 4.79 Å². The van der Waals surface area contributed by atoms with Crippen LogP contribution in [0.3, 0.4) is 0 Å². The first kappa shape index (κ1) is 11.6. The Bertz CT molecular complexity index is 731. The first-order valence-electron chi connectivity index (χ1n) is 6.11. The fourth-order valence-corrected chi connectivity index (χ4v) is 2.31. The van der Waals surface area contributed by atoms with E-state index in [-0.39, 0.29) is 5.78 Å². The Kier molecular flexibility index (Phi) is 2.83. The third kappa shape index (κ3) is 2.12. The molecule has 0 amide bonds. The molecule has 19 heavy (non-hydrogen) atoms. The predicted octanol–water partition coefficient (Wildman–Crippen LogP) is 2.69. The van der Waals surface area contributed by atoms with Crippen molar-refractivity contribution in [3.8, 4) is 0 Å². The van der Waals surface area contributed by atoms with Crippen molar-refractivity contribution in [2.45, 2.75) is 13.3 Å². The van der Waals surface area contributed by atoms with Gasteiger partial charge in [0.2, 0.25) is 0 Å². The Hall–Kier alpha value is -2.49. The van der Waals surface area contributed by atoms with E-state index in [0.29, 0.717) is 6.42 Å². The highest BCUT2D eigenvalue weighted by Crippen LogP contribution is 2.23. The minimum atomic E-state index is 0.0775. The quantitative estimate of drug-likeness (QED) is 0.728. The number of carbonyl (C=O) groups excluding carboxylic acids is 1. The van der Waals surface area contributed by atoms with Gasteiger partial charge in [-0.2, -0.15) is 0 Å². The monoisotopic (exact) mass is 251 g/mol. The molecular formula is C15H13N3O. The van der Waals surface area contributed by atoms with Crippen LogP contribution in [0.1, 0.15) is 21.7 Å². The van der Waals surface area contributed by atoms with E-state index in [4.69, 9.17) is 0 Å². The van der Waals surface area contributed by atoms with Crippen LogP contribution < -0.4 is 0 Å². The van der Waals surface area contributed by atoms with Crippen LogP contribution in [0.15, 0.2) is 42.9 Å². The summed E-state index contributed by atoms with van der Waals surface area (Å²) in [6.45, 7) is 1.92. The highest BCUT2D eigenvalue weighted by atomic mass is 16.1. The number of rotatable bonds is 3. The fraction of sp³-hybridized carbons (Fsp3) is 0.133. The lowest BCUT2D eigenvalue weighted by molar-refractivity contribution is 0.0993. The molecule has 94 valence electrons. The lowest BCUT2D eigenvalue weighted by Crippen LogP contribution is -2.06. The molecule has 0 bridgehead atoms. The van der Waals surface area contributed by atoms with Crippen molar-refractivity contribution >= 4 is 16.7 Å². The number of carbonyl (C=O) groups is 1. The van der Waals surface area contributed by atoms with E-state index < -0.39 is 0 Å². The maximum atomic E-state index is 12.4. The Labute approximate surface area is 110 Å². The number of benzene rings is 1. The molecule has 2 aromatic heterocycles. The number of para-hydroxylation sites is 1. The average molecular weight is 251 g/mol. The van der Waals surface area contributed by atoms with Crippen LogP contribution in [0.2, 0.25) is 0 Å². The van der Waals surface area contributed by atoms with Crippen LogP contribution in [-0.2, 0) is 6.42 Å². The van der Waals surface area contributed by atoms with Crippen molar-refractivity contribution in [1.82, 2.24) is 15.0 Å². The number of nitrogens with one attached hydrogen (secondary N) is 1. The van der Waals surface area contributed by atoms with Crippen LogP contribution in [0.5, 0.6) is 0 Å². The lowest BCUT2D eigenvalue weighted by atomic mass is 10.0. The Balaban J connectivity index is 2.00. The molecule has 0 saturated heterocycles. The minimum absolute atomic E-state index is 0.0775. The van der Waals surface area contributed by atoms with Crippen molar-refractivity contribution < 1.29 is 4.79 Å². The van der Waals surface area contributed by atoms with E-state index in [1.54, 1.807) is 12.3 Å². The highest BCUT2D eigenvalue weighted by Gasteiger charge is 2.16. The zero-order chi connectivity index (χ0) is 13.2. The molecule has 0 aliphatic heterocycles. The van der Waals surface area contributed by atoms with Crippen LogP contribution in [0, 0.1) is 6.92 Å². The second-order valence-electron chi connectivity index (χ2n) is 4.47. The third-order valence-corrected chi connectivity index (χ3v) is 3.16. The molecule has 1 aromatic carbocycles. The second-order valence-corrected chi connectivity index (χ2v) is 4.47. The summed E-state index contributed by atoms with van der Waals surface area (Å²) in [5.41, 5.74) is 3.39. The summed E-state index contributed by atoms with van der Waals surface area (Å²) in [6, 6.07) is 9.60. The van der Waals surface area contributed by atoms with Crippen molar-refractivity contribution in [3.63, 3.8) is 0 Å². The number of ketones is 1. The molecule has 0 aliphatic rings. The van der Waals surface area contributed by atoms with Gasteiger partial charge in [-0.25, -0.2) is 9.97 Å². The Morgan fingerprint density at radius 3 is 2.89 bits per heavy atom. The van der Waals surface area contributed by atoms with Gasteiger partial charge < -0.3 is 4.98 Å². The largest absolute Gasteiger partial charge is 0.358 e. The van der Waals surface area contributed by atoms with E-state index >= 15 is 0 Å². The maximum absolute atomic E-state index is 12.4. The summed E-state index contributed by atoms with van der Waals surface area (Å²) in [4.78, 5) is 23.6. The summed E-state index contributed by atoms with van der Waals surface area (Å²) in [5, 5.41) is 0.971. The van der Waals surface area contributed by atoms with Gasteiger partial charge in [0.15, 0.2) is 5.78 Å². The normalized spacial score (nSPS) is 10.8. The number of hydrogen-bond donors (Lipinski definition) is 1. The van der Waals surface area contributed by atoms with E-state index in [2.05, 4.69) is 15.0 Å². The van der Waals surface area contributed by atoms with Crippen molar-refractivity contribution in [1.29, 1.82) is 0 Å². The molecule has 0 radical (unpaired) electrons. The van der Waals surface area contributed by atoms with Crippen LogP contribution in [0.25, 0.3) is 10.9 Å².